The van der Waals surface area contributed by atoms with Crippen LogP contribution >= 0.6 is 0 Å². The quantitative estimate of drug-likeness (QED) is 0.790. The number of hydrogen-bond donors (Lipinski definition) is 1. The van der Waals surface area contributed by atoms with Crippen molar-refractivity contribution in [2.75, 3.05) is 13.6 Å². The number of aliphatic hydroxyl groups is 1. The van der Waals surface area contributed by atoms with Crippen molar-refractivity contribution < 1.29 is 9.90 Å². The summed E-state index contributed by atoms with van der Waals surface area (Å²) in [6, 6.07) is 0. The summed E-state index contributed by atoms with van der Waals surface area (Å²) in [5.41, 5.74) is 0. The molecule has 3 nitrogen and oxygen atoms in total. The average Bonchev–Trinajstić information content (AvgIpc) is 2.77. The third-order valence-electron chi connectivity index (χ3n) is 4.29. The van der Waals surface area contributed by atoms with Crippen LogP contribution < -0.4 is 0 Å². The average molecular weight is 225 g/mol. The van der Waals surface area contributed by atoms with Gasteiger partial charge in [-0.2, -0.15) is 0 Å². The lowest BCUT2D eigenvalue weighted by atomic mass is 9.86. The number of amides is 1. The van der Waals surface area contributed by atoms with Crippen LogP contribution in [0.5, 0.6) is 0 Å². The highest BCUT2D eigenvalue weighted by Crippen LogP contribution is 2.49. The van der Waals surface area contributed by atoms with Crippen LogP contribution in [0, 0.1) is 17.8 Å². The number of likely N-dealkylation sites (N-methyl/N-ethyl adjacent to an activating group) is 1. The molecule has 0 aliphatic heterocycles. The minimum atomic E-state index is -0.422. The topological polar surface area (TPSA) is 40.5 Å². The number of rotatable bonds is 4. The van der Waals surface area contributed by atoms with Crippen LogP contribution in [0.1, 0.15) is 39.0 Å². The van der Waals surface area contributed by atoms with E-state index in [4.69, 9.17) is 0 Å². The van der Waals surface area contributed by atoms with Gasteiger partial charge in [0.1, 0.15) is 0 Å². The lowest BCUT2D eigenvalue weighted by Crippen LogP contribution is -2.34. The summed E-state index contributed by atoms with van der Waals surface area (Å²) in [6.45, 7) is 2.18. The summed E-state index contributed by atoms with van der Waals surface area (Å²) in [4.78, 5) is 13.6. The van der Waals surface area contributed by atoms with E-state index in [2.05, 4.69) is 0 Å². The first kappa shape index (κ1) is 11.9. The fraction of sp³-hybridized carbons (Fsp3) is 0.923. The molecule has 2 rings (SSSR count). The molecule has 3 heteroatoms. The second-order valence-electron chi connectivity index (χ2n) is 5.76. The van der Waals surface area contributed by atoms with Gasteiger partial charge in [-0.1, -0.05) is 6.42 Å². The highest BCUT2D eigenvalue weighted by atomic mass is 16.3. The van der Waals surface area contributed by atoms with Crippen LogP contribution in [0.4, 0.5) is 0 Å². The van der Waals surface area contributed by atoms with Crippen LogP contribution in [0.2, 0.25) is 0 Å². The first-order valence-corrected chi connectivity index (χ1v) is 6.48. The van der Waals surface area contributed by atoms with Gasteiger partial charge in [0.25, 0.3) is 0 Å². The Kier molecular flexibility index (Phi) is 3.53. The van der Waals surface area contributed by atoms with E-state index in [0.717, 1.165) is 11.8 Å². The molecule has 2 aliphatic rings. The third-order valence-corrected chi connectivity index (χ3v) is 4.29. The van der Waals surface area contributed by atoms with Gasteiger partial charge in [0.15, 0.2) is 0 Å². The van der Waals surface area contributed by atoms with E-state index in [-0.39, 0.29) is 5.91 Å². The van der Waals surface area contributed by atoms with Crippen molar-refractivity contribution in [2.24, 2.45) is 17.8 Å². The Bertz CT molecular complexity index is 265. The molecular formula is C13H23NO2. The highest BCUT2D eigenvalue weighted by Gasteiger charge is 2.40. The molecule has 2 aliphatic carbocycles. The first-order chi connectivity index (χ1) is 7.56. The minimum Gasteiger partial charge on any atom is -0.392 e. The molecule has 0 spiro atoms. The monoisotopic (exact) mass is 225 g/mol. The summed E-state index contributed by atoms with van der Waals surface area (Å²) in [5.74, 6) is 2.56. The summed E-state index contributed by atoms with van der Waals surface area (Å²) < 4.78 is 0. The molecule has 92 valence electrons. The summed E-state index contributed by atoms with van der Waals surface area (Å²) in [7, 11) is 1.79. The molecule has 2 bridgehead atoms. The van der Waals surface area contributed by atoms with E-state index in [9.17, 15) is 9.90 Å². The second-order valence-corrected chi connectivity index (χ2v) is 5.76. The van der Waals surface area contributed by atoms with Crippen molar-refractivity contribution in [3.8, 4) is 0 Å². The van der Waals surface area contributed by atoms with E-state index in [0.29, 0.717) is 18.9 Å². The van der Waals surface area contributed by atoms with E-state index >= 15 is 0 Å². The molecule has 0 saturated heterocycles. The molecule has 1 amide bonds. The van der Waals surface area contributed by atoms with Gasteiger partial charge in [0, 0.05) is 20.0 Å². The highest BCUT2D eigenvalue weighted by molar-refractivity contribution is 5.76. The van der Waals surface area contributed by atoms with Gasteiger partial charge in [-0.05, 0) is 43.9 Å². The predicted octanol–water partition coefficient (Wildman–Crippen LogP) is 1.65. The van der Waals surface area contributed by atoms with Crippen molar-refractivity contribution in [3.63, 3.8) is 0 Å². The smallest absolute Gasteiger partial charge is 0.222 e. The van der Waals surface area contributed by atoms with Gasteiger partial charge in [0.05, 0.1) is 6.10 Å². The van der Waals surface area contributed by atoms with Gasteiger partial charge in [0.2, 0.25) is 5.91 Å². The van der Waals surface area contributed by atoms with Gasteiger partial charge in [-0.25, -0.2) is 0 Å². The van der Waals surface area contributed by atoms with E-state index in [1.165, 1.54) is 25.7 Å². The molecule has 0 aromatic heterocycles. The Labute approximate surface area is 97.8 Å². The second kappa shape index (κ2) is 4.74. The summed E-state index contributed by atoms with van der Waals surface area (Å²) in [6.07, 6.45) is 5.62. The van der Waals surface area contributed by atoms with Crippen LogP contribution in [-0.4, -0.2) is 35.6 Å². The number of fused-ring (bicyclic) bond motifs is 2. The van der Waals surface area contributed by atoms with Gasteiger partial charge >= 0.3 is 0 Å². The number of aliphatic hydroxyl groups excluding tert-OH is 1. The van der Waals surface area contributed by atoms with Crippen molar-refractivity contribution in [3.05, 3.63) is 0 Å². The van der Waals surface area contributed by atoms with Crippen LogP contribution in [0.15, 0.2) is 0 Å². The molecule has 2 saturated carbocycles. The molecule has 0 heterocycles. The maximum Gasteiger partial charge on any atom is 0.222 e. The Hall–Kier alpha value is -0.570. The fourth-order valence-electron chi connectivity index (χ4n) is 3.50. The molecule has 0 aromatic rings. The van der Waals surface area contributed by atoms with Gasteiger partial charge in [-0.15, -0.1) is 0 Å². The number of carbonyl (C=O) groups is 1. The predicted molar refractivity (Wildman–Crippen MR) is 62.9 cm³/mol. The number of hydrogen-bond acceptors (Lipinski definition) is 2. The Morgan fingerprint density at radius 1 is 1.44 bits per heavy atom. The molecule has 0 radical (unpaired) electrons. The normalized spacial score (nSPS) is 34.1. The van der Waals surface area contributed by atoms with Crippen LogP contribution in [-0.2, 0) is 4.79 Å². The lowest BCUT2D eigenvalue weighted by molar-refractivity contribution is -0.132. The largest absolute Gasteiger partial charge is 0.392 e. The number of nitrogens with zero attached hydrogens (tertiary/aromatic N) is 1. The Balaban J connectivity index is 1.79. The van der Waals surface area contributed by atoms with Crippen molar-refractivity contribution in [1.29, 1.82) is 0 Å². The Morgan fingerprint density at radius 3 is 2.69 bits per heavy atom. The third kappa shape index (κ3) is 2.57. The molecule has 16 heavy (non-hydrogen) atoms. The molecular weight excluding hydrogens is 202 g/mol. The SMILES string of the molecule is CC(O)CN(C)C(=O)CC1CC2CCC1C2. The van der Waals surface area contributed by atoms with E-state index in [1.54, 1.807) is 18.9 Å². The zero-order valence-corrected chi connectivity index (χ0v) is 10.4. The van der Waals surface area contributed by atoms with Gasteiger partial charge in [-0.3, -0.25) is 4.79 Å². The Morgan fingerprint density at radius 2 is 2.19 bits per heavy atom. The van der Waals surface area contributed by atoms with Crippen LogP contribution in [0.3, 0.4) is 0 Å². The molecule has 4 unspecified atom stereocenters. The molecule has 2 fully saturated rings. The first-order valence-electron chi connectivity index (χ1n) is 6.48. The summed E-state index contributed by atoms with van der Waals surface area (Å²) in [5, 5.41) is 9.24. The van der Waals surface area contributed by atoms with E-state index in [1.807, 2.05) is 0 Å². The van der Waals surface area contributed by atoms with Crippen LogP contribution in [0.25, 0.3) is 0 Å². The zero-order chi connectivity index (χ0) is 11.7. The van der Waals surface area contributed by atoms with Crippen molar-refractivity contribution >= 4 is 5.91 Å². The number of carbonyl (C=O) groups excluding carboxylic acids is 1. The fourth-order valence-corrected chi connectivity index (χ4v) is 3.50. The maximum absolute atomic E-state index is 11.9. The molecule has 1 N–H and O–H groups in total. The van der Waals surface area contributed by atoms with E-state index < -0.39 is 6.10 Å². The summed E-state index contributed by atoms with van der Waals surface area (Å²) >= 11 is 0. The zero-order valence-electron chi connectivity index (χ0n) is 10.4. The standard InChI is InChI=1S/C13H23NO2/c1-9(15)8-14(2)13(16)7-12-6-10-3-4-11(12)5-10/h9-12,15H,3-8H2,1-2H3. The maximum atomic E-state index is 11.9. The van der Waals surface area contributed by atoms with Crippen molar-refractivity contribution in [2.45, 2.75) is 45.1 Å². The van der Waals surface area contributed by atoms with Crippen molar-refractivity contribution in [1.82, 2.24) is 4.90 Å². The molecule has 0 aromatic carbocycles. The molecule has 4 atom stereocenters. The minimum absolute atomic E-state index is 0.207. The van der Waals surface area contributed by atoms with Gasteiger partial charge < -0.3 is 10.0 Å². The lowest BCUT2D eigenvalue weighted by Gasteiger charge is -2.25.